The number of carbonyl (C=O) groups is 2. The Morgan fingerprint density at radius 1 is 1.15 bits per heavy atom. The van der Waals surface area contributed by atoms with Crippen molar-refractivity contribution >= 4 is 23.6 Å². The molecule has 0 spiro atoms. The van der Waals surface area contributed by atoms with E-state index in [1.165, 1.54) is 13.2 Å². The fourth-order valence-corrected chi connectivity index (χ4v) is 2.22. The smallest absolute Gasteiger partial charge is 0.251 e. The lowest BCUT2D eigenvalue weighted by molar-refractivity contribution is -0.111. The Balaban J connectivity index is 2.01. The van der Waals surface area contributed by atoms with Gasteiger partial charge in [-0.05, 0) is 48.0 Å². The number of hydrogen-bond acceptors (Lipinski definition) is 5. The van der Waals surface area contributed by atoms with E-state index in [1.807, 2.05) is 6.07 Å². The lowest BCUT2D eigenvalue weighted by Gasteiger charge is -2.08. The van der Waals surface area contributed by atoms with Gasteiger partial charge in [0.05, 0.1) is 7.11 Å². The third-order valence-electron chi connectivity index (χ3n) is 3.55. The SMILES string of the molecule is CNC(=O)c1ccc(NC(=O)/C=C/c2ccc(OCC#N)c(OC)c2)cc1. The predicted molar refractivity (Wildman–Crippen MR) is 102 cm³/mol. The molecule has 27 heavy (non-hydrogen) atoms. The Hall–Kier alpha value is -3.79. The largest absolute Gasteiger partial charge is 0.493 e. The molecule has 0 heterocycles. The van der Waals surface area contributed by atoms with Gasteiger partial charge in [-0.1, -0.05) is 6.07 Å². The molecule has 2 aromatic carbocycles. The van der Waals surface area contributed by atoms with Crippen LogP contribution in [0.25, 0.3) is 6.08 Å². The fraction of sp³-hybridized carbons (Fsp3) is 0.150. The maximum atomic E-state index is 12.1. The highest BCUT2D eigenvalue weighted by atomic mass is 16.5. The van der Waals surface area contributed by atoms with Crippen LogP contribution in [-0.4, -0.2) is 32.6 Å². The first-order chi connectivity index (χ1) is 13.1. The normalized spacial score (nSPS) is 10.1. The van der Waals surface area contributed by atoms with Gasteiger partial charge in [0.15, 0.2) is 18.1 Å². The molecule has 0 unspecified atom stereocenters. The van der Waals surface area contributed by atoms with Crippen molar-refractivity contribution in [1.29, 1.82) is 5.26 Å². The van der Waals surface area contributed by atoms with E-state index in [2.05, 4.69) is 10.6 Å². The van der Waals surface area contributed by atoms with Crippen molar-refractivity contribution in [2.24, 2.45) is 0 Å². The minimum Gasteiger partial charge on any atom is -0.493 e. The summed E-state index contributed by atoms with van der Waals surface area (Å²) in [6.45, 7) is -0.0767. The summed E-state index contributed by atoms with van der Waals surface area (Å²) in [5, 5.41) is 13.8. The fourth-order valence-electron chi connectivity index (χ4n) is 2.22. The molecule has 0 aromatic heterocycles. The van der Waals surface area contributed by atoms with Crippen LogP contribution in [0, 0.1) is 11.3 Å². The van der Waals surface area contributed by atoms with E-state index in [4.69, 9.17) is 14.7 Å². The number of rotatable bonds is 7. The number of nitrogens with one attached hydrogen (secondary N) is 2. The number of carbonyl (C=O) groups excluding carboxylic acids is 2. The minimum absolute atomic E-state index is 0.0767. The Morgan fingerprint density at radius 2 is 1.89 bits per heavy atom. The van der Waals surface area contributed by atoms with Crippen molar-refractivity contribution in [3.8, 4) is 17.6 Å². The number of nitrogens with zero attached hydrogens (tertiary/aromatic N) is 1. The molecule has 0 fully saturated rings. The molecule has 7 nitrogen and oxygen atoms in total. The van der Waals surface area contributed by atoms with Crippen molar-refractivity contribution in [3.05, 3.63) is 59.7 Å². The number of anilines is 1. The molecule has 0 bridgehead atoms. The van der Waals surface area contributed by atoms with E-state index >= 15 is 0 Å². The van der Waals surface area contributed by atoms with Crippen LogP contribution in [0.3, 0.4) is 0 Å². The molecule has 2 aromatic rings. The Labute approximate surface area is 157 Å². The van der Waals surface area contributed by atoms with Gasteiger partial charge in [0.2, 0.25) is 5.91 Å². The van der Waals surface area contributed by atoms with Gasteiger partial charge in [0.1, 0.15) is 6.07 Å². The molecule has 2 N–H and O–H groups in total. The molecule has 2 rings (SSSR count). The average molecular weight is 365 g/mol. The van der Waals surface area contributed by atoms with Crippen molar-refractivity contribution in [1.82, 2.24) is 5.32 Å². The van der Waals surface area contributed by atoms with Gasteiger partial charge in [0.25, 0.3) is 5.91 Å². The first-order valence-electron chi connectivity index (χ1n) is 8.06. The predicted octanol–water partition coefficient (Wildman–Crippen LogP) is 2.61. The quantitative estimate of drug-likeness (QED) is 0.735. The summed E-state index contributed by atoms with van der Waals surface area (Å²) in [7, 11) is 3.05. The summed E-state index contributed by atoms with van der Waals surface area (Å²) in [5.41, 5.74) is 1.83. The maximum absolute atomic E-state index is 12.1. The van der Waals surface area contributed by atoms with E-state index in [-0.39, 0.29) is 18.4 Å². The van der Waals surface area contributed by atoms with Crippen LogP contribution in [0.1, 0.15) is 15.9 Å². The van der Waals surface area contributed by atoms with Gasteiger partial charge < -0.3 is 20.1 Å². The first kappa shape index (κ1) is 19.5. The summed E-state index contributed by atoms with van der Waals surface area (Å²) in [6, 6.07) is 13.6. The van der Waals surface area contributed by atoms with E-state index in [0.29, 0.717) is 22.7 Å². The number of ether oxygens (including phenoxy) is 2. The lowest BCUT2D eigenvalue weighted by Crippen LogP contribution is -2.17. The summed E-state index contributed by atoms with van der Waals surface area (Å²) in [4.78, 5) is 23.6. The van der Waals surface area contributed by atoms with Crippen LogP contribution in [0.4, 0.5) is 5.69 Å². The first-order valence-corrected chi connectivity index (χ1v) is 8.06. The number of nitriles is 1. The van der Waals surface area contributed by atoms with E-state index in [9.17, 15) is 9.59 Å². The molecule has 0 atom stereocenters. The molecule has 0 radical (unpaired) electrons. The highest BCUT2D eigenvalue weighted by Crippen LogP contribution is 2.28. The van der Waals surface area contributed by atoms with Gasteiger partial charge >= 0.3 is 0 Å². The van der Waals surface area contributed by atoms with Crippen molar-refractivity contribution < 1.29 is 19.1 Å². The molecule has 0 saturated carbocycles. The second-order valence-corrected chi connectivity index (χ2v) is 5.34. The summed E-state index contributed by atoms with van der Waals surface area (Å²) in [6.07, 6.45) is 3.02. The Morgan fingerprint density at radius 3 is 2.52 bits per heavy atom. The minimum atomic E-state index is -0.313. The van der Waals surface area contributed by atoms with Crippen LogP contribution in [0.15, 0.2) is 48.5 Å². The van der Waals surface area contributed by atoms with Gasteiger partial charge in [-0.25, -0.2) is 0 Å². The zero-order chi connectivity index (χ0) is 19.6. The van der Waals surface area contributed by atoms with E-state index in [0.717, 1.165) is 5.56 Å². The molecule has 0 saturated heterocycles. The molecule has 0 aliphatic carbocycles. The molecule has 2 amide bonds. The number of hydrogen-bond donors (Lipinski definition) is 2. The Kier molecular flexibility index (Phi) is 6.97. The van der Waals surface area contributed by atoms with Gasteiger partial charge in [-0.3, -0.25) is 9.59 Å². The van der Waals surface area contributed by atoms with Crippen LogP contribution in [0.5, 0.6) is 11.5 Å². The number of methoxy groups -OCH3 is 1. The lowest BCUT2D eigenvalue weighted by atomic mass is 10.1. The molecule has 0 aliphatic heterocycles. The monoisotopic (exact) mass is 365 g/mol. The summed E-state index contributed by atoms with van der Waals surface area (Å²) >= 11 is 0. The second-order valence-electron chi connectivity index (χ2n) is 5.34. The standard InChI is InChI=1S/C20H19N3O4/c1-22-20(25)15-5-7-16(8-6-15)23-19(24)10-4-14-3-9-17(27-12-11-21)18(13-14)26-2/h3-10,13H,12H2,1-2H3,(H,22,25)(H,23,24)/b10-4+. The number of benzene rings is 2. The van der Waals surface area contributed by atoms with Crippen molar-refractivity contribution in [3.63, 3.8) is 0 Å². The zero-order valence-corrected chi connectivity index (χ0v) is 15.0. The van der Waals surface area contributed by atoms with Crippen molar-refractivity contribution in [2.45, 2.75) is 0 Å². The van der Waals surface area contributed by atoms with Crippen LogP contribution in [0.2, 0.25) is 0 Å². The third-order valence-corrected chi connectivity index (χ3v) is 3.55. The highest BCUT2D eigenvalue weighted by molar-refractivity contribution is 6.02. The van der Waals surface area contributed by atoms with Gasteiger partial charge in [0, 0.05) is 24.4 Å². The average Bonchev–Trinajstić information content (AvgIpc) is 2.70. The van der Waals surface area contributed by atoms with Crippen LogP contribution in [-0.2, 0) is 4.79 Å². The summed E-state index contributed by atoms with van der Waals surface area (Å²) in [5.74, 6) is 0.421. The van der Waals surface area contributed by atoms with Crippen LogP contribution >= 0.6 is 0 Å². The van der Waals surface area contributed by atoms with Gasteiger partial charge in [-0.2, -0.15) is 5.26 Å². The second kappa shape index (κ2) is 9.63. The molecule has 138 valence electrons. The molecular weight excluding hydrogens is 346 g/mol. The number of amides is 2. The zero-order valence-electron chi connectivity index (χ0n) is 15.0. The highest BCUT2D eigenvalue weighted by Gasteiger charge is 2.06. The van der Waals surface area contributed by atoms with Crippen LogP contribution < -0.4 is 20.1 Å². The van der Waals surface area contributed by atoms with Gasteiger partial charge in [-0.15, -0.1) is 0 Å². The third kappa shape index (κ3) is 5.61. The Bertz CT molecular complexity index is 883. The molecule has 7 heteroatoms. The summed E-state index contributed by atoms with van der Waals surface area (Å²) < 4.78 is 10.5. The van der Waals surface area contributed by atoms with E-state index in [1.54, 1.807) is 55.6 Å². The van der Waals surface area contributed by atoms with Crippen molar-refractivity contribution in [2.75, 3.05) is 26.1 Å². The topological polar surface area (TPSA) is 100 Å². The molecular formula is C20H19N3O4. The molecule has 0 aliphatic rings. The maximum Gasteiger partial charge on any atom is 0.251 e. The van der Waals surface area contributed by atoms with E-state index < -0.39 is 0 Å².